The normalized spacial score (nSPS) is 21.0. The van der Waals surface area contributed by atoms with Gasteiger partial charge in [-0.15, -0.1) is 0 Å². The molecule has 4 rings (SSSR count). The second-order valence-corrected chi connectivity index (χ2v) is 9.55. The molecule has 166 valence electrons. The number of thiazole rings is 1. The van der Waals surface area contributed by atoms with Crippen LogP contribution in [0.4, 0.5) is 15.2 Å². The van der Waals surface area contributed by atoms with Crippen molar-refractivity contribution in [1.82, 2.24) is 9.88 Å². The molecule has 31 heavy (non-hydrogen) atoms. The number of hydrogen-bond acceptors (Lipinski definition) is 6. The van der Waals surface area contributed by atoms with Gasteiger partial charge in [0, 0.05) is 50.2 Å². The number of aromatic nitrogens is 1. The number of nitrogens with zero attached hydrogens (tertiary/aromatic N) is 4. The number of benzene rings is 1. The fourth-order valence-corrected chi connectivity index (χ4v) is 5.41. The van der Waals surface area contributed by atoms with Crippen molar-refractivity contribution in [2.24, 2.45) is 10.9 Å². The number of hydrogen-bond donors (Lipinski definition) is 1. The van der Waals surface area contributed by atoms with E-state index in [0.717, 1.165) is 37.0 Å². The molecule has 8 heteroatoms. The van der Waals surface area contributed by atoms with Gasteiger partial charge in [0.05, 0.1) is 6.20 Å². The summed E-state index contributed by atoms with van der Waals surface area (Å²) in [5.74, 6) is 0.205. The van der Waals surface area contributed by atoms with Crippen LogP contribution < -0.4 is 10.2 Å². The summed E-state index contributed by atoms with van der Waals surface area (Å²) in [5.41, 5.74) is 0.879. The third-order valence-corrected chi connectivity index (χ3v) is 7.24. The lowest BCUT2D eigenvalue weighted by Gasteiger charge is -2.41. The molecule has 2 aromatic rings. The van der Waals surface area contributed by atoms with Gasteiger partial charge in [0.2, 0.25) is 0 Å². The molecule has 3 heterocycles. The van der Waals surface area contributed by atoms with E-state index in [-0.39, 0.29) is 11.7 Å². The number of rotatable bonds is 5. The third kappa shape index (κ3) is 5.30. The second-order valence-electron chi connectivity index (χ2n) is 8.55. The molecule has 1 N–H and O–H groups in total. The van der Waals surface area contributed by atoms with E-state index < -0.39 is 0 Å². The van der Waals surface area contributed by atoms with Crippen LogP contribution in [0.5, 0.6) is 0 Å². The maximum absolute atomic E-state index is 13.8. The van der Waals surface area contributed by atoms with Crippen LogP contribution in [0.15, 0.2) is 29.4 Å². The molecule has 2 aliphatic rings. The summed E-state index contributed by atoms with van der Waals surface area (Å²) in [4.78, 5) is 26.5. The molecule has 1 atom stereocenters. The predicted molar refractivity (Wildman–Crippen MR) is 125 cm³/mol. The van der Waals surface area contributed by atoms with Gasteiger partial charge in [0.25, 0.3) is 5.91 Å². The molecule has 6 nitrogen and oxygen atoms in total. The molecule has 1 amide bonds. The third-order valence-electron chi connectivity index (χ3n) is 6.18. The van der Waals surface area contributed by atoms with E-state index in [0.29, 0.717) is 22.2 Å². The number of piperidine rings is 2. The topological polar surface area (TPSA) is 60.8 Å². The van der Waals surface area contributed by atoms with Gasteiger partial charge < -0.3 is 10.2 Å². The molecule has 0 aliphatic carbocycles. The van der Waals surface area contributed by atoms with Gasteiger partial charge in [-0.05, 0) is 56.3 Å². The Morgan fingerprint density at radius 3 is 2.84 bits per heavy atom. The molecule has 1 aromatic carbocycles. The monoisotopic (exact) mass is 443 g/mol. The number of aliphatic imine (C=N–C) groups is 1. The molecule has 2 saturated heterocycles. The maximum atomic E-state index is 13.8. The SMILES string of the molecule is CN=Cc1cc(NC(=O)c2cnc(N3CCC(N4CCC[C@@H](C)C4)CC3)s2)ccc1F. The van der Waals surface area contributed by atoms with Crippen LogP contribution >= 0.6 is 11.3 Å². The van der Waals surface area contributed by atoms with Gasteiger partial charge >= 0.3 is 0 Å². The lowest BCUT2D eigenvalue weighted by atomic mass is 9.95. The Hall–Kier alpha value is -2.32. The molecule has 0 spiro atoms. The Bertz CT molecular complexity index is 938. The number of carbonyl (C=O) groups excluding carboxylic acids is 1. The van der Waals surface area contributed by atoms with E-state index in [2.05, 4.69) is 32.0 Å². The van der Waals surface area contributed by atoms with Crippen LogP contribution in [0, 0.1) is 11.7 Å². The maximum Gasteiger partial charge on any atom is 0.267 e. The lowest BCUT2D eigenvalue weighted by Crippen LogP contribution is -2.48. The second kappa shape index (κ2) is 9.87. The summed E-state index contributed by atoms with van der Waals surface area (Å²) >= 11 is 1.41. The van der Waals surface area contributed by atoms with E-state index in [1.807, 2.05) is 0 Å². The van der Waals surface area contributed by atoms with Gasteiger partial charge in [-0.1, -0.05) is 18.3 Å². The van der Waals surface area contributed by atoms with Crippen molar-refractivity contribution < 1.29 is 9.18 Å². The molecule has 0 saturated carbocycles. The average Bonchev–Trinajstić information content (AvgIpc) is 3.27. The van der Waals surface area contributed by atoms with Gasteiger partial charge in [-0.2, -0.15) is 0 Å². The molecule has 2 aliphatic heterocycles. The molecule has 0 unspecified atom stereocenters. The lowest BCUT2D eigenvalue weighted by molar-refractivity contribution is 0.103. The summed E-state index contributed by atoms with van der Waals surface area (Å²) in [5, 5.41) is 3.73. The van der Waals surface area contributed by atoms with E-state index >= 15 is 0 Å². The summed E-state index contributed by atoms with van der Waals surface area (Å²) in [6, 6.07) is 5.13. The average molecular weight is 444 g/mol. The highest BCUT2D eigenvalue weighted by molar-refractivity contribution is 7.17. The summed E-state index contributed by atoms with van der Waals surface area (Å²) in [6.07, 6.45) is 8.02. The Balaban J connectivity index is 1.34. The number of halogens is 1. The van der Waals surface area contributed by atoms with Crippen molar-refractivity contribution in [2.75, 3.05) is 43.4 Å². The Kier molecular flexibility index (Phi) is 6.97. The van der Waals surface area contributed by atoms with Crippen LogP contribution in [0.3, 0.4) is 0 Å². The van der Waals surface area contributed by atoms with E-state index in [1.54, 1.807) is 25.4 Å². The number of likely N-dealkylation sites (tertiary alicyclic amines) is 1. The van der Waals surface area contributed by atoms with Crippen LogP contribution in [0.1, 0.15) is 47.8 Å². The zero-order valence-corrected chi connectivity index (χ0v) is 19.0. The van der Waals surface area contributed by atoms with Crippen LogP contribution in [0.2, 0.25) is 0 Å². The van der Waals surface area contributed by atoms with Crippen LogP contribution in [-0.2, 0) is 0 Å². The molecular formula is C23H30FN5OS. The first kappa shape index (κ1) is 21.9. The zero-order valence-electron chi connectivity index (χ0n) is 18.2. The fourth-order valence-electron chi connectivity index (χ4n) is 4.55. The molecule has 0 radical (unpaired) electrons. The number of amides is 1. The van der Waals surface area contributed by atoms with Gasteiger partial charge in [-0.25, -0.2) is 9.37 Å². The van der Waals surface area contributed by atoms with Crippen molar-refractivity contribution in [1.29, 1.82) is 0 Å². The van der Waals surface area contributed by atoms with E-state index in [1.165, 1.54) is 49.5 Å². The minimum atomic E-state index is -0.369. The predicted octanol–water partition coefficient (Wildman–Crippen LogP) is 4.28. The van der Waals surface area contributed by atoms with Crippen molar-refractivity contribution in [3.8, 4) is 0 Å². The molecule has 2 fully saturated rings. The van der Waals surface area contributed by atoms with Gasteiger partial charge in [0.1, 0.15) is 10.7 Å². The van der Waals surface area contributed by atoms with Crippen molar-refractivity contribution in [3.63, 3.8) is 0 Å². The first-order chi connectivity index (χ1) is 15.0. The first-order valence-electron chi connectivity index (χ1n) is 11.0. The summed E-state index contributed by atoms with van der Waals surface area (Å²) < 4.78 is 13.8. The van der Waals surface area contributed by atoms with Crippen molar-refractivity contribution in [2.45, 2.75) is 38.6 Å². The Morgan fingerprint density at radius 1 is 1.29 bits per heavy atom. The molecule has 1 aromatic heterocycles. The van der Waals surface area contributed by atoms with Crippen LogP contribution in [0.25, 0.3) is 0 Å². The highest BCUT2D eigenvalue weighted by atomic mass is 32.1. The zero-order chi connectivity index (χ0) is 21.8. The number of anilines is 2. The van der Waals surface area contributed by atoms with E-state index in [4.69, 9.17) is 0 Å². The fraction of sp³-hybridized carbons (Fsp3) is 0.522. The Morgan fingerprint density at radius 2 is 2.10 bits per heavy atom. The highest BCUT2D eigenvalue weighted by Gasteiger charge is 2.28. The Labute approximate surface area is 187 Å². The highest BCUT2D eigenvalue weighted by Crippen LogP contribution is 2.29. The summed E-state index contributed by atoms with van der Waals surface area (Å²) in [6.45, 7) is 6.75. The first-order valence-corrected chi connectivity index (χ1v) is 11.8. The van der Waals surface area contributed by atoms with Crippen molar-refractivity contribution in [3.05, 3.63) is 40.7 Å². The minimum absolute atomic E-state index is 0.230. The van der Waals surface area contributed by atoms with Crippen LogP contribution in [-0.4, -0.2) is 61.3 Å². The minimum Gasteiger partial charge on any atom is -0.348 e. The van der Waals surface area contributed by atoms with E-state index in [9.17, 15) is 9.18 Å². The standard InChI is InChI=1S/C23H30FN5OS/c1-16-4-3-9-29(15-16)19-7-10-28(11-8-19)23-26-14-21(31-23)22(30)27-18-5-6-20(24)17(12-18)13-25-2/h5-6,12-14,16,19H,3-4,7-11,15H2,1-2H3,(H,27,30)/t16-/m1/s1. The molecular weight excluding hydrogens is 413 g/mol. The quantitative estimate of drug-likeness (QED) is 0.701. The number of carbonyl (C=O) groups is 1. The smallest absolute Gasteiger partial charge is 0.267 e. The molecule has 0 bridgehead atoms. The largest absolute Gasteiger partial charge is 0.348 e. The summed E-state index contributed by atoms with van der Waals surface area (Å²) in [7, 11) is 1.58. The van der Waals surface area contributed by atoms with Gasteiger partial charge in [-0.3, -0.25) is 14.7 Å². The van der Waals surface area contributed by atoms with Crippen molar-refractivity contribution >= 4 is 34.3 Å². The number of nitrogens with one attached hydrogen (secondary N) is 1. The van der Waals surface area contributed by atoms with Gasteiger partial charge in [0.15, 0.2) is 5.13 Å².